The zero-order valence-corrected chi connectivity index (χ0v) is 13.9. The zero-order chi connectivity index (χ0) is 13.9. The van der Waals surface area contributed by atoms with Crippen LogP contribution < -0.4 is 10.6 Å². The summed E-state index contributed by atoms with van der Waals surface area (Å²) in [6.07, 6.45) is 3.84. The summed E-state index contributed by atoms with van der Waals surface area (Å²) in [5, 5.41) is 10.4. The normalized spacial score (nSPS) is 16.9. The van der Waals surface area contributed by atoms with Crippen molar-refractivity contribution in [1.29, 1.82) is 0 Å². The summed E-state index contributed by atoms with van der Waals surface area (Å²) in [7, 11) is 0. The first kappa shape index (κ1) is 18.6. The van der Waals surface area contributed by atoms with Crippen LogP contribution in [-0.4, -0.2) is 45.1 Å². The molecule has 1 aliphatic heterocycles. The van der Waals surface area contributed by atoms with Crippen LogP contribution in [-0.2, 0) is 0 Å². The Balaban J connectivity index is 0.00000121. The van der Waals surface area contributed by atoms with Crippen molar-refractivity contribution >= 4 is 36.5 Å². The number of carbonyl (C=O) groups excluding carboxylic acids is 1. The van der Waals surface area contributed by atoms with E-state index in [0.717, 1.165) is 25.2 Å². The molecule has 22 heavy (non-hydrogen) atoms. The highest BCUT2D eigenvalue weighted by molar-refractivity contribution is 5.90. The summed E-state index contributed by atoms with van der Waals surface area (Å²) in [5.74, 6) is 1.06. The Morgan fingerprint density at radius 3 is 3.00 bits per heavy atom. The molecule has 0 spiro atoms. The number of nitrogens with one attached hydrogen (secondary N) is 2. The molecule has 1 fully saturated rings. The maximum Gasteiger partial charge on any atom is 0.291 e. The quantitative estimate of drug-likeness (QED) is 0.862. The third kappa shape index (κ3) is 4.06. The van der Waals surface area contributed by atoms with Crippen molar-refractivity contribution in [3.8, 4) is 0 Å². The van der Waals surface area contributed by atoms with Gasteiger partial charge in [-0.05, 0) is 44.8 Å². The minimum atomic E-state index is -0.235. The number of hydrogen-bond donors (Lipinski definition) is 2. The molecule has 0 aromatic carbocycles. The Morgan fingerprint density at radius 2 is 2.32 bits per heavy atom. The fourth-order valence-corrected chi connectivity index (χ4v) is 2.43. The van der Waals surface area contributed by atoms with Crippen molar-refractivity contribution in [1.82, 2.24) is 30.2 Å². The first-order chi connectivity index (χ1) is 9.74. The lowest BCUT2D eigenvalue weighted by Crippen LogP contribution is -2.27. The van der Waals surface area contributed by atoms with Gasteiger partial charge >= 0.3 is 0 Å². The van der Waals surface area contributed by atoms with Crippen LogP contribution in [0.4, 0.5) is 0 Å². The number of amides is 1. The van der Waals surface area contributed by atoms with Gasteiger partial charge in [0.1, 0.15) is 0 Å². The molecule has 2 aromatic rings. The molecule has 9 heteroatoms. The molecule has 3 rings (SSSR count). The van der Waals surface area contributed by atoms with Crippen LogP contribution in [0.15, 0.2) is 12.3 Å². The number of aromatic nitrogens is 4. The molecule has 7 nitrogen and oxygen atoms in total. The maximum absolute atomic E-state index is 12.0. The second-order valence-electron chi connectivity index (χ2n) is 5.14. The van der Waals surface area contributed by atoms with E-state index in [0.29, 0.717) is 18.2 Å². The number of rotatable bonds is 4. The molecule has 1 saturated heterocycles. The summed E-state index contributed by atoms with van der Waals surface area (Å²) < 4.78 is 1.58. The number of carbonyl (C=O) groups is 1. The largest absolute Gasteiger partial charge is 0.349 e. The molecule has 1 aliphatic rings. The molecule has 1 amide bonds. The van der Waals surface area contributed by atoms with Crippen LogP contribution >= 0.6 is 24.8 Å². The van der Waals surface area contributed by atoms with E-state index in [1.807, 2.05) is 13.0 Å². The monoisotopic (exact) mass is 346 g/mol. The fourth-order valence-electron chi connectivity index (χ4n) is 2.43. The number of halogens is 2. The lowest BCUT2D eigenvalue weighted by molar-refractivity contribution is 0.0941. The lowest BCUT2D eigenvalue weighted by Gasteiger charge is -2.07. The van der Waals surface area contributed by atoms with Crippen LogP contribution in [0, 0.1) is 12.8 Å². The smallest absolute Gasteiger partial charge is 0.291 e. The summed E-state index contributed by atoms with van der Waals surface area (Å²) in [5.41, 5.74) is 0.901. The molecule has 0 saturated carbocycles. The standard InChI is InChI=1S/C13H18N6O.2ClH/c1-9-2-6-16-13-17-11(18-19(9)13)12(20)15-7-4-10-3-5-14-8-10;;/h2,6,10,14H,3-5,7-8H2,1H3,(H,15,20);2*1H. The Hall–Kier alpha value is -1.44. The number of fused-ring (bicyclic) bond motifs is 1. The first-order valence-electron chi connectivity index (χ1n) is 6.91. The second-order valence-corrected chi connectivity index (χ2v) is 5.14. The summed E-state index contributed by atoms with van der Waals surface area (Å²) in [6.45, 7) is 4.69. The third-order valence-corrected chi connectivity index (χ3v) is 3.63. The van der Waals surface area contributed by atoms with Gasteiger partial charge in [0.15, 0.2) is 0 Å². The molecule has 1 unspecified atom stereocenters. The highest BCUT2D eigenvalue weighted by Crippen LogP contribution is 2.10. The fraction of sp³-hybridized carbons (Fsp3) is 0.538. The molecular formula is C13H20Cl2N6O. The summed E-state index contributed by atoms with van der Waals surface area (Å²) in [6, 6.07) is 1.83. The Labute approximate surface area is 141 Å². The van der Waals surface area contributed by atoms with Gasteiger partial charge in [0.2, 0.25) is 5.82 Å². The predicted molar refractivity (Wildman–Crippen MR) is 87.9 cm³/mol. The van der Waals surface area contributed by atoms with Crippen molar-refractivity contribution in [3.05, 3.63) is 23.8 Å². The van der Waals surface area contributed by atoms with Gasteiger partial charge in [0.05, 0.1) is 0 Å². The molecule has 0 radical (unpaired) electrons. The Kier molecular flexibility index (Phi) is 6.99. The van der Waals surface area contributed by atoms with Gasteiger partial charge in [-0.3, -0.25) is 4.79 Å². The first-order valence-corrected chi connectivity index (χ1v) is 6.91. The van der Waals surface area contributed by atoms with Crippen molar-refractivity contribution in [2.24, 2.45) is 5.92 Å². The van der Waals surface area contributed by atoms with Gasteiger partial charge in [-0.2, -0.15) is 4.98 Å². The molecule has 2 aromatic heterocycles. The van der Waals surface area contributed by atoms with E-state index < -0.39 is 0 Å². The number of nitrogens with zero attached hydrogens (tertiary/aromatic N) is 4. The van der Waals surface area contributed by atoms with E-state index in [9.17, 15) is 4.79 Å². The van der Waals surface area contributed by atoms with E-state index >= 15 is 0 Å². The van der Waals surface area contributed by atoms with Crippen LogP contribution in [0.25, 0.3) is 5.78 Å². The van der Waals surface area contributed by atoms with Crippen LogP contribution in [0.2, 0.25) is 0 Å². The Bertz CT molecular complexity index is 626. The van der Waals surface area contributed by atoms with Gasteiger partial charge in [0.25, 0.3) is 11.7 Å². The average Bonchev–Trinajstić information content (AvgIpc) is 3.07. The number of hydrogen-bond acceptors (Lipinski definition) is 5. The van der Waals surface area contributed by atoms with Gasteiger partial charge in [-0.1, -0.05) is 0 Å². The van der Waals surface area contributed by atoms with E-state index in [1.54, 1.807) is 10.7 Å². The van der Waals surface area contributed by atoms with Gasteiger partial charge in [0, 0.05) is 18.4 Å². The van der Waals surface area contributed by atoms with Gasteiger partial charge in [-0.25, -0.2) is 9.50 Å². The highest BCUT2D eigenvalue weighted by atomic mass is 35.5. The summed E-state index contributed by atoms with van der Waals surface area (Å²) in [4.78, 5) is 20.2. The van der Waals surface area contributed by atoms with Crippen molar-refractivity contribution in [2.75, 3.05) is 19.6 Å². The third-order valence-electron chi connectivity index (χ3n) is 3.63. The average molecular weight is 347 g/mol. The maximum atomic E-state index is 12.0. The lowest BCUT2D eigenvalue weighted by atomic mass is 10.1. The van der Waals surface area contributed by atoms with Crippen molar-refractivity contribution in [3.63, 3.8) is 0 Å². The SMILES string of the molecule is Cc1ccnc2nc(C(=O)NCCC3CCNC3)nn12.Cl.Cl. The van der Waals surface area contributed by atoms with Gasteiger partial charge in [-0.15, -0.1) is 29.9 Å². The molecule has 122 valence electrons. The van der Waals surface area contributed by atoms with E-state index in [2.05, 4.69) is 25.7 Å². The van der Waals surface area contributed by atoms with Crippen LogP contribution in [0.5, 0.6) is 0 Å². The van der Waals surface area contributed by atoms with Crippen molar-refractivity contribution in [2.45, 2.75) is 19.8 Å². The predicted octanol–water partition coefficient (Wildman–Crippen LogP) is 1.01. The molecule has 0 bridgehead atoms. The van der Waals surface area contributed by atoms with E-state index in [1.165, 1.54) is 6.42 Å². The topological polar surface area (TPSA) is 84.2 Å². The Morgan fingerprint density at radius 1 is 1.50 bits per heavy atom. The van der Waals surface area contributed by atoms with Crippen molar-refractivity contribution < 1.29 is 4.79 Å². The van der Waals surface area contributed by atoms with Gasteiger partial charge < -0.3 is 10.6 Å². The van der Waals surface area contributed by atoms with Crippen LogP contribution in [0.3, 0.4) is 0 Å². The molecule has 0 aliphatic carbocycles. The molecule has 1 atom stereocenters. The highest BCUT2D eigenvalue weighted by Gasteiger charge is 2.16. The van der Waals surface area contributed by atoms with E-state index in [-0.39, 0.29) is 36.5 Å². The number of aryl methyl sites for hydroxylation is 1. The van der Waals surface area contributed by atoms with E-state index in [4.69, 9.17) is 0 Å². The molecular weight excluding hydrogens is 327 g/mol. The molecule has 3 heterocycles. The summed E-state index contributed by atoms with van der Waals surface area (Å²) >= 11 is 0. The minimum absolute atomic E-state index is 0. The molecule has 2 N–H and O–H groups in total. The van der Waals surface area contributed by atoms with Crippen LogP contribution in [0.1, 0.15) is 29.2 Å². The zero-order valence-electron chi connectivity index (χ0n) is 12.3. The second kappa shape index (κ2) is 8.26. The minimum Gasteiger partial charge on any atom is -0.349 e.